The van der Waals surface area contributed by atoms with Gasteiger partial charge in [-0.2, -0.15) is 0 Å². The first-order chi connectivity index (χ1) is 12.8. The lowest BCUT2D eigenvalue weighted by Gasteiger charge is -2.20. The van der Waals surface area contributed by atoms with Crippen molar-refractivity contribution in [3.63, 3.8) is 0 Å². The molecule has 0 radical (unpaired) electrons. The Hall–Kier alpha value is -2.33. The van der Waals surface area contributed by atoms with Crippen molar-refractivity contribution in [1.82, 2.24) is 0 Å². The van der Waals surface area contributed by atoms with Crippen molar-refractivity contribution in [1.29, 1.82) is 0 Å². The monoisotopic (exact) mass is 388 g/mol. The van der Waals surface area contributed by atoms with Gasteiger partial charge in [-0.25, -0.2) is 0 Å². The van der Waals surface area contributed by atoms with Gasteiger partial charge in [0.25, 0.3) is 0 Å². The smallest absolute Gasteiger partial charge is 0.309 e. The lowest BCUT2D eigenvalue weighted by Crippen LogP contribution is -2.27. The molecule has 2 unspecified atom stereocenters. The Morgan fingerprint density at radius 2 is 1.41 bits per heavy atom. The predicted molar refractivity (Wildman–Crippen MR) is 106 cm³/mol. The molecule has 0 aliphatic carbocycles. The van der Waals surface area contributed by atoms with E-state index in [1.165, 1.54) is 0 Å². The molecular formula is C22H25ClO4. The Bertz CT molecular complexity index is 766. The van der Waals surface area contributed by atoms with Crippen LogP contribution in [0.15, 0.2) is 48.5 Å². The van der Waals surface area contributed by atoms with Crippen molar-refractivity contribution in [2.45, 2.75) is 33.8 Å². The highest BCUT2D eigenvalue weighted by Gasteiger charge is 2.23. The van der Waals surface area contributed by atoms with Crippen LogP contribution < -0.4 is 4.74 Å². The summed E-state index contributed by atoms with van der Waals surface area (Å²) in [7, 11) is 0. The summed E-state index contributed by atoms with van der Waals surface area (Å²) >= 11 is 5.85. The number of halogens is 1. The first-order valence-corrected chi connectivity index (χ1v) is 9.39. The van der Waals surface area contributed by atoms with Gasteiger partial charge >= 0.3 is 5.97 Å². The Morgan fingerprint density at radius 3 is 1.93 bits per heavy atom. The van der Waals surface area contributed by atoms with Gasteiger partial charge in [0.2, 0.25) is 0 Å². The zero-order valence-corrected chi connectivity index (χ0v) is 16.8. The minimum atomic E-state index is -0.252. The van der Waals surface area contributed by atoms with E-state index < -0.39 is 0 Å². The largest absolute Gasteiger partial charge is 0.493 e. The van der Waals surface area contributed by atoms with Crippen molar-refractivity contribution in [3.8, 4) is 5.75 Å². The number of benzene rings is 2. The lowest BCUT2D eigenvalue weighted by atomic mass is 9.97. The first kappa shape index (κ1) is 21.0. The second-order valence-electron chi connectivity index (χ2n) is 6.92. The summed E-state index contributed by atoms with van der Waals surface area (Å²) in [6, 6.07) is 13.8. The second-order valence-corrected chi connectivity index (χ2v) is 7.36. The molecule has 0 spiro atoms. The third-order valence-corrected chi connectivity index (χ3v) is 4.56. The first-order valence-electron chi connectivity index (χ1n) is 9.01. The summed E-state index contributed by atoms with van der Waals surface area (Å²) in [5.41, 5.74) is 1.16. The van der Waals surface area contributed by atoms with Crippen LogP contribution in [0.2, 0.25) is 5.02 Å². The average Bonchev–Trinajstić information content (AvgIpc) is 2.65. The van der Waals surface area contributed by atoms with E-state index in [9.17, 15) is 9.59 Å². The topological polar surface area (TPSA) is 52.6 Å². The summed E-state index contributed by atoms with van der Waals surface area (Å²) in [4.78, 5) is 24.4. The Balaban J connectivity index is 1.92. The SMILES string of the molecule is CC(C)OC(=O)C(C)C(C)COc1ccc(C(=O)c2ccc(Cl)cc2)cc1. The fourth-order valence-corrected chi connectivity index (χ4v) is 2.54. The molecule has 0 saturated carbocycles. The Labute approximate surface area is 165 Å². The fraction of sp³-hybridized carbons (Fsp3) is 0.364. The molecule has 2 aromatic rings. The molecule has 0 aliphatic rings. The predicted octanol–water partition coefficient (Wildman–Crippen LogP) is 5.17. The summed E-state index contributed by atoms with van der Waals surface area (Å²) in [5, 5.41) is 0.593. The van der Waals surface area contributed by atoms with E-state index in [1.54, 1.807) is 48.5 Å². The number of esters is 1. The normalized spacial score (nSPS) is 13.1. The standard InChI is InChI=1S/C22H25ClO4/c1-14(2)27-22(25)16(4)15(3)13-26-20-11-7-18(8-12-20)21(24)17-5-9-19(23)10-6-17/h5-12,14-16H,13H2,1-4H3. The molecule has 144 valence electrons. The van der Waals surface area contributed by atoms with Crippen LogP contribution in [0.4, 0.5) is 0 Å². The molecule has 0 amide bonds. The molecule has 0 fully saturated rings. The molecule has 0 aliphatic heterocycles. The number of carbonyl (C=O) groups excluding carboxylic acids is 2. The summed E-state index contributed by atoms with van der Waals surface area (Å²) in [5.74, 6) is 0.116. The van der Waals surface area contributed by atoms with Gasteiger partial charge in [-0.1, -0.05) is 25.4 Å². The average molecular weight is 389 g/mol. The highest BCUT2D eigenvalue weighted by molar-refractivity contribution is 6.30. The van der Waals surface area contributed by atoms with Crippen molar-refractivity contribution >= 4 is 23.4 Å². The van der Waals surface area contributed by atoms with Crippen LogP contribution in [0.5, 0.6) is 5.75 Å². The van der Waals surface area contributed by atoms with Gasteiger partial charge < -0.3 is 9.47 Å². The minimum absolute atomic E-state index is 0.00613. The van der Waals surface area contributed by atoms with Crippen molar-refractivity contribution in [2.24, 2.45) is 11.8 Å². The number of ketones is 1. The zero-order valence-electron chi connectivity index (χ0n) is 16.1. The number of ether oxygens (including phenoxy) is 2. The molecule has 0 heterocycles. The quantitative estimate of drug-likeness (QED) is 0.462. The van der Waals surface area contributed by atoms with Crippen molar-refractivity contribution in [2.75, 3.05) is 6.61 Å². The van der Waals surface area contributed by atoms with E-state index in [0.29, 0.717) is 28.5 Å². The second kappa shape index (κ2) is 9.56. The molecule has 0 N–H and O–H groups in total. The third-order valence-electron chi connectivity index (χ3n) is 4.31. The van der Waals surface area contributed by atoms with E-state index >= 15 is 0 Å². The van der Waals surface area contributed by atoms with Crippen LogP contribution in [0, 0.1) is 11.8 Å². The van der Waals surface area contributed by atoms with Crippen LogP contribution in [0.3, 0.4) is 0 Å². The Kier molecular flexibility index (Phi) is 7.43. The molecule has 0 bridgehead atoms. The van der Waals surface area contributed by atoms with Gasteiger partial charge in [0.1, 0.15) is 5.75 Å². The zero-order chi connectivity index (χ0) is 20.0. The highest BCUT2D eigenvalue weighted by atomic mass is 35.5. The van der Waals surface area contributed by atoms with Crippen LogP contribution in [0.25, 0.3) is 0 Å². The number of carbonyl (C=O) groups is 2. The molecule has 2 atom stereocenters. The highest BCUT2D eigenvalue weighted by Crippen LogP contribution is 2.20. The lowest BCUT2D eigenvalue weighted by molar-refractivity contribution is -0.153. The molecule has 2 aromatic carbocycles. The van der Waals surface area contributed by atoms with E-state index in [-0.39, 0.29) is 29.7 Å². The van der Waals surface area contributed by atoms with Crippen LogP contribution in [-0.4, -0.2) is 24.5 Å². The maximum absolute atomic E-state index is 12.5. The van der Waals surface area contributed by atoms with Crippen LogP contribution in [0.1, 0.15) is 43.6 Å². The molecule has 2 rings (SSSR count). The van der Waals surface area contributed by atoms with Crippen LogP contribution >= 0.6 is 11.6 Å². The number of rotatable bonds is 8. The van der Waals surface area contributed by atoms with Crippen LogP contribution in [-0.2, 0) is 9.53 Å². The van der Waals surface area contributed by atoms with Gasteiger partial charge in [0.05, 0.1) is 18.6 Å². The van der Waals surface area contributed by atoms with Gasteiger partial charge in [-0.3, -0.25) is 9.59 Å². The van der Waals surface area contributed by atoms with E-state index in [0.717, 1.165) is 0 Å². The van der Waals surface area contributed by atoms with Gasteiger partial charge in [-0.05, 0) is 62.4 Å². The third kappa shape index (κ3) is 6.10. The summed E-state index contributed by atoms with van der Waals surface area (Å²) in [6.07, 6.45) is -0.126. The molecule has 5 heteroatoms. The van der Waals surface area contributed by atoms with Gasteiger partial charge in [0, 0.05) is 22.1 Å². The number of hydrogen-bond acceptors (Lipinski definition) is 4. The molecule has 4 nitrogen and oxygen atoms in total. The molecule has 27 heavy (non-hydrogen) atoms. The van der Waals surface area contributed by atoms with Crippen molar-refractivity contribution < 1.29 is 19.1 Å². The van der Waals surface area contributed by atoms with E-state index in [2.05, 4.69) is 0 Å². The maximum atomic E-state index is 12.5. The Morgan fingerprint density at radius 1 is 0.889 bits per heavy atom. The van der Waals surface area contributed by atoms with E-state index in [4.69, 9.17) is 21.1 Å². The fourth-order valence-electron chi connectivity index (χ4n) is 2.41. The maximum Gasteiger partial charge on any atom is 0.309 e. The van der Waals surface area contributed by atoms with Gasteiger partial charge in [0.15, 0.2) is 5.78 Å². The number of hydrogen-bond donors (Lipinski definition) is 0. The minimum Gasteiger partial charge on any atom is -0.493 e. The summed E-state index contributed by atoms with van der Waals surface area (Å²) in [6.45, 7) is 7.84. The summed E-state index contributed by atoms with van der Waals surface area (Å²) < 4.78 is 11.0. The molecule has 0 aromatic heterocycles. The van der Waals surface area contributed by atoms with E-state index in [1.807, 2.05) is 27.7 Å². The molecular weight excluding hydrogens is 364 g/mol. The van der Waals surface area contributed by atoms with Crippen molar-refractivity contribution in [3.05, 3.63) is 64.7 Å². The van der Waals surface area contributed by atoms with Gasteiger partial charge in [-0.15, -0.1) is 0 Å². The molecule has 0 saturated heterocycles.